The lowest BCUT2D eigenvalue weighted by atomic mass is 10.1. The highest BCUT2D eigenvalue weighted by molar-refractivity contribution is 5.61. The van der Waals surface area contributed by atoms with Gasteiger partial charge in [0, 0.05) is 24.0 Å². The molecular weight excluding hydrogens is 198 g/mol. The third kappa shape index (κ3) is 2.57. The number of rotatable bonds is 3. The van der Waals surface area contributed by atoms with Gasteiger partial charge in [0.05, 0.1) is 0 Å². The Morgan fingerprint density at radius 3 is 2.12 bits per heavy atom. The molecule has 1 aromatic heterocycles. The smallest absolute Gasteiger partial charge is 0.222 e. The summed E-state index contributed by atoms with van der Waals surface area (Å²) in [7, 11) is 0. The van der Waals surface area contributed by atoms with Crippen molar-refractivity contribution >= 4 is 5.95 Å². The second-order valence-corrected chi connectivity index (χ2v) is 3.96. The fraction of sp³-hybridized carbons (Fsp3) is 0.231. The monoisotopic (exact) mass is 213 g/mol. The SMILES string of the molecule is CC(C)Nc1ncc(-c2ccccc2)cn1. The Morgan fingerprint density at radius 1 is 0.938 bits per heavy atom. The first-order valence-electron chi connectivity index (χ1n) is 5.40. The largest absolute Gasteiger partial charge is 0.352 e. The van der Waals surface area contributed by atoms with Gasteiger partial charge in [-0.3, -0.25) is 0 Å². The molecule has 0 fully saturated rings. The van der Waals surface area contributed by atoms with Crippen molar-refractivity contribution in [2.45, 2.75) is 19.9 Å². The van der Waals surface area contributed by atoms with Gasteiger partial charge in [0.15, 0.2) is 0 Å². The van der Waals surface area contributed by atoms with E-state index in [0.717, 1.165) is 11.1 Å². The van der Waals surface area contributed by atoms with Crippen molar-refractivity contribution in [1.29, 1.82) is 0 Å². The van der Waals surface area contributed by atoms with Crippen LogP contribution in [0.15, 0.2) is 42.7 Å². The van der Waals surface area contributed by atoms with Crippen LogP contribution in [-0.2, 0) is 0 Å². The molecule has 0 aliphatic carbocycles. The predicted octanol–water partition coefficient (Wildman–Crippen LogP) is 2.96. The Hall–Kier alpha value is -1.90. The molecule has 1 N–H and O–H groups in total. The van der Waals surface area contributed by atoms with Gasteiger partial charge in [-0.15, -0.1) is 0 Å². The van der Waals surface area contributed by atoms with Crippen LogP contribution in [0.5, 0.6) is 0 Å². The lowest BCUT2D eigenvalue weighted by Crippen LogP contribution is -2.12. The molecule has 0 aliphatic heterocycles. The van der Waals surface area contributed by atoms with E-state index in [0.29, 0.717) is 12.0 Å². The molecule has 0 saturated carbocycles. The number of hydrogen-bond donors (Lipinski definition) is 1. The lowest BCUT2D eigenvalue weighted by Gasteiger charge is -2.08. The molecule has 3 nitrogen and oxygen atoms in total. The van der Waals surface area contributed by atoms with Gasteiger partial charge in [-0.25, -0.2) is 9.97 Å². The maximum absolute atomic E-state index is 4.27. The number of aromatic nitrogens is 2. The van der Waals surface area contributed by atoms with Gasteiger partial charge in [0.1, 0.15) is 0 Å². The molecule has 2 aromatic rings. The zero-order chi connectivity index (χ0) is 11.4. The number of benzene rings is 1. The van der Waals surface area contributed by atoms with Crippen LogP contribution in [0.1, 0.15) is 13.8 Å². The zero-order valence-corrected chi connectivity index (χ0v) is 9.51. The molecule has 0 atom stereocenters. The average Bonchev–Trinajstić information content (AvgIpc) is 2.30. The number of anilines is 1. The fourth-order valence-electron chi connectivity index (χ4n) is 1.44. The molecule has 0 saturated heterocycles. The van der Waals surface area contributed by atoms with E-state index in [1.54, 1.807) is 0 Å². The van der Waals surface area contributed by atoms with Gasteiger partial charge >= 0.3 is 0 Å². The topological polar surface area (TPSA) is 37.8 Å². The minimum atomic E-state index is 0.350. The Labute approximate surface area is 95.6 Å². The lowest BCUT2D eigenvalue weighted by molar-refractivity contribution is 0.874. The van der Waals surface area contributed by atoms with Crippen LogP contribution < -0.4 is 5.32 Å². The quantitative estimate of drug-likeness (QED) is 0.851. The molecule has 0 aliphatic rings. The second kappa shape index (κ2) is 4.75. The molecule has 0 spiro atoms. The van der Waals surface area contributed by atoms with Crippen LogP contribution in [0.2, 0.25) is 0 Å². The molecule has 82 valence electrons. The Bertz CT molecular complexity index is 434. The number of nitrogens with one attached hydrogen (secondary N) is 1. The van der Waals surface area contributed by atoms with E-state index < -0.39 is 0 Å². The third-order valence-corrected chi connectivity index (χ3v) is 2.18. The van der Waals surface area contributed by atoms with Crippen molar-refractivity contribution in [2.24, 2.45) is 0 Å². The van der Waals surface area contributed by atoms with E-state index in [4.69, 9.17) is 0 Å². The maximum atomic E-state index is 4.27. The highest BCUT2D eigenvalue weighted by Crippen LogP contribution is 2.17. The van der Waals surface area contributed by atoms with E-state index >= 15 is 0 Å². The first kappa shape index (κ1) is 10.6. The maximum Gasteiger partial charge on any atom is 0.222 e. The Morgan fingerprint density at radius 2 is 1.56 bits per heavy atom. The molecule has 3 heteroatoms. The van der Waals surface area contributed by atoms with Crippen LogP contribution in [-0.4, -0.2) is 16.0 Å². The van der Waals surface area contributed by atoms with Crippen LogP contribution in [0.4, 0.5) is 5.95 Å². The van der Waals surface area contributed by atoms with E-state index in [2.05, 4.69) is 29.1 Å². The summed E-state index contributed by atoms with van der Waals surface area (Å²) in [6, 6.07) is 10.5. The van der Waals surface area contributed by atoms with E-state index in [9.17, 15) is 0 Å². The summed E-state index contributed by atoms with van der Waals surface area (Å²) in [5, 5.41) is 3.16. The molecule has 0 radical (unpaired) electrons. The van der Waals surface area contributed by atoms with Crippen molar-refractivity contribution in [2.75, 3.05) is 5.32 Å². The van der Waals surface area contributed by atoms with Crippen LogP contribution in [0.3, 0.4) is 0 Å². The van der Waals surface area contributed by atoms with Crippen LogP contribution >= 0.6 is 0 Å². The van der Waals surface area contributed by atoms with E-state index in [1.165, 1.54) is 0 Å². The zero-order valence-electron chi connectivity index (χ0n) is 9.51. The summed E-state index contributed by atoms with van der Waals surface area (Å²) in [5.74, 6) is 0.676. The highest BCUT2D eigenvalue weighted by atomic mass is 15.1. The van der Waals surface area contributed by atoms with Crippen molar-refractivity contribution < 1.29 is 0 Å². The van der Waals surface area contributed by atoms with Crippen molar-refractivity contribution in [3.05, 3.63) is 42.7 Å². The predicted molar refractivity (Wildman–Crippen MR) is 66.2 cm³/mol. The van der Waals surface area contributed by atoms with Crippen molar-refractivity contribution in [3.63, 3.8) is 0 Å². The molecule has 2 rings (SSSR count). The second-order valence-electron chi connectivity index (χ2n) is 3.96. The van der Waals surface area contributed by atoms with Gasteiger partial charge in [0.25, 0.3) is 0 Å². The number of hydrogen-bond acceptors (Lipinski definition) is 3. The molecule has 1 aromatic carbocycles. The molecule has 16 heavy (non-hydrogen) atoms. The first-order valence-corrected chi connectivity index (χ1v) is 5.40. The minimum Gasteiger partial charge on any atom is -0.352 e. The first-order chi connectivity index (χ1) is 7.75. The normalized spacial score (nSPS) is 10.4. The minimum absolute atomic E-state index is 0.350. The molecule has 0 amide bonds. The van der Waals surface area contributed by atoms with E-state index in [-0.39, 0.29) is 0 Å². The fourth-order valence-corrected chi connectivity index (χ4v) is 1.44. The summed E-state index contributed by atoms with van der Waals surface area (Å²) >= 11 is 0. The van der Waals surface area contributed by atoms with Crippen LogP contribution in [0, 0.1) is 0 Å². The molecule has 0 unspecified atom stereocenters. The van der Waals surface area contributed by atoms with Crippen molar-refractivity contribution in [3.8, 4) is 11.1 Å². The van der Waals surface area contributed by atoms with Gasteiger partial charge in [0.2, 0.25) is 5.95 Å². The van der Waals surface area contributed by atoms with Gasteiger partial charge in [-0.2, -0.15) is 0 Å². The molecule has 1 heterocycles. The summed E-state index contributed by atoms with van der Waals surface area (Å²) < 4.78 is 0. The standard InChI is InChI=1S/C13H15N3/c1-10(2)16-13-14-8-12(9-15-13)11-6-4-3-5-7-11/h3-10H,1-2H3,(H,14,15,16). The summed E-state index contributed by atoms with van der Waals surface area (Å²) in [4.78, 5) is 8.55. The van der Waals surface area contributed by atoms with Crippen LogP contribution in [0.25, 0.3) is 11.1 Å². The Balaban J connectivity index is 2.20. The third-order valence-electron chi connectivity index (χ3n) is 2.18. The molecular formula is C13H15N3. The summed E-state index contributed by atoms with van der Waals surface area (Å²) in [6.45, 7) is 4.13. The average molecular weight is 213 g/mol. The summed E-state index contributed by atoms with van der Waals surface area (Å²) in [6.07, 6.45) is 3.68. The Kier molecular flexibility index (Phi) is 3.15. The summed E-state index contributed by atoms with van der Waals surface area (Å²) in [5.41, 5.74) is 2.17. The number of nitrogens with zero attached hydrogens (tertiary/aromatic N) is 2. The molecule has 0 bridgehead atoms. The van der Waals surface area contributed by atoms with Crippen molar-refractivity contribution in [1.82, 2.24) is 9.97 Å². The van der Waals surface area contributed by atoms with Gasteiger partial charge < -0.3 is 5.32 Å². The van der Waals surface area contributed by atoms with Gasteiger partial charge in [-0.05, 0) is 19.4 Å². The highest BCUT2D eigenvalue weighted by Gasteiger charge is 2.00. The van der Waals surface area contributed by atoms with Gasteiger partial charge in [-0.1, -0.05) is 30.3 Å². The van der Waals surface area contributed by atoms with E-state index in [1.807, 2.05) is 42.7 Å².